The molecule has 0 atom stereocenters. The number of nitrogens with zero attached hydrogens (tertiary/aromatic N) is 1. The number of halogens is 1. The van der Waals surface area contributed by atoms with Gasteiger partial charge in [0.1, 0.15) is 4.90 Å². The number of hydrogen-bond acceptors (Lipinski definition) is 5. The molecule has 1 aliphatic heterocycles. The Labute approximate surface area is 132 Å². The van der Waals surface area contributed by atoms with Crippen LogP contribution < -0.4 is 5.73 Å². The van der Waals surface area contributed by atoms with E-state index in [2.05, 4.69) is 15.9 Å². The normalized spacial score (nSPS) is 18.6. The van der Waals surface area contributed by atoms with Crippen molar-refractivity contribution < 1.29 is 13.2 Å². The van der Waals surface area contributed by atoms with Gasteiger partial charge < -0.3 is 10.5 Å². The molecule has 1 fully saturated rings. The molecular formula is C12H19BrN2O3S2. The Balaban J connectivity index is 2.13. The first-order valence-corrected chi connectivity index (χ1v) is 9.51. The number of sulfonamides is 1. The van der Waals surface area contributed by atoms with E-state index in [1.807, 2.05) is 0 Å². The Morgan fingerprint density at radius 3 is 2.65 bits per heavy atom. The molecule has 1 aromatic rings. The number of thiophene rings is 1. The smallest absolute Gasteiger partial charge is 0.245 e. The predicted octanol–water partition coefficient (Wildman–Crippen LogP) is 2.02. The molecule has 20 heavy (non-hydrogen) atoms. The number of ether oxygens (including phenoxy) is 1. The van der Waals surface area contributed by atoms with E-state index in [0.29, 0.717) is 40.8 Å². The first-order valence-electron chi connectivity index (χ1n) is 6.46. The molecule has 2 N–H and O–H groups in total. The summed E-state index contributed by atoms with van der Waals surface area (Å²) >= 11 is 4.71. The standard InChI is InChI=1S/C12H19BrN2O3S2/c1-18-8-9-2-4-15(5-3-9)20(16,17)11-6-10(7-14)19-12(11)13/h6,9H,2-5,7-8,14H2,1H3. The number of hydrogen-bond donors (Lipinski definition) is 1. The van der Waals surface area contributed by atoms with Gasteiger partial charge in [-0.25, -0.2) is 8.42 Å². The van der Waals surface area contributed by atoms with Crippen molar-refractivity contribution >= 4 is 37.3 Å². The fourth-order valence-electron chi connectivity index (χ4n) is 2.37. The molecule has 0 spiro atoms. The minimum Gasteiger partial charge on any atom is -0.384 e. The van der Waals surface area contributed by atoms with Crippen LogP contribution in [-0.2, 0) is 21.3 Å². The summed E-state index contributed by atoms with van der Waals surface area (Å²) in [7, 11) is -1.74. The van der Waals surface area contributed by atoms with Crippen LogP contribution in [0.4, 0.5) is 0 Å². The minimum atomic E-state index is -3.42. The van der Waals surface area contributed by atoms with E-state index in [1.165, 1.54) is 11.3 Å². The van der Waals surface area contributed by atoms with Crippen LogP contribution in [-0.4, -0.2) is 39.5 Å². The predicted molar refractivity (Wildman–Crippen MR) is 83.3 cm³/mol. The van der Waals surface area contributed by atoms with Crippen molar-refractivity contribution in [3.05, 3.63) is 14.7 Å². The summed E-state index contributed by atoms with van der Waals surface area (Å²) in [6, 6.07) is 1.67. The largest absolute Gasteiger partial charge is 0.384 e. The Morgan fingerprint density at radius 1 is 1.50 bits per heavy atom. The second-order valence-electron chi connectivity index (χ2n) is 4.86. The third kappa shape index (κ3) is 3.42. The molecule has 2 heterocycles. The van der Waals surface area contributed by atoms with Crippen LogP contribution in [0.1, 0.15) is 17.7 Å². The van der Waals surface area contributed by atoms with Crippen LogP contribution in [0, 0.1) is 5.92 Å². The molecule has 2 rings (SSSR count). The van der Waals surface area contributed by atoms with Crippen LogP contribution in [0.5, 0.6) is 0 Å². The van der Waals surface area contributed by atoms with Crippen LogP contribution in [0.25, 0.3) is 0 Å². The van der Waals surface area contributed by atoms with Gasteiger partial charge in [-0.2, -0.15) is 4.31 Å². The van der Waals surface area contributed by atoms with Crippen molar-refractivity contribution in [3.8, 4) is 0 Å². The van der Waals surface area contributed by atoms with Gasteiger partial charge in [0.15, 0.2) is 0 Å². The molecule has 1 aliphatic rings. The molecule has 114 valence electrons. The Morgan fingerprint density at radius 2 is 2.15 bits per heavy atom. The highest BCUT2D eigenvalue weighted by atomic mass is 79.9. The fourth-order valence-corrected chi connectivity index (χ4v) is 6.35. The highest BCUT2D eigenvalue weighted by Crippen LogP contribution is 2.34. The topological polar surface area (TPSA) is 72.6 Å². The van der Waals surface area contributed by atoms with E-state index in [9.17, 15) is 8.42 Å². The van der Waals surface area contributed by atoms with Crippen LogP contribution >= 0.6 is 27.3 Å². The van der Waals surface area contributed by atoms with E-state index < -0.39 is 10.0 Å². The van der Waals surface area contributed by atoms with E-state index in [4.69, 9.17) is 10.5 Å². The lowest BCUT2D eigenvalue weighted by molar-refractivity contribution is 0.121. The molecular weight excluding hydrogens is 364 g/mol. The highest BCUT2D eigenvalue weighted by molar-refractivity contribution is 9.11. The highest BCUT2D eigenvalue weighted by Gasteiger charge is 2.31. The van der Waals surface area contributed by atoms with E-state index in [-0.39, 0.29) is 0 Å². The monoisotopic (exact) mass is 382 g/mol. The van der Waals surface area contributed by atoms with Crippen molar-refractivity contribution in [1.29, 1.82) is 0 Å². The number of nitrogens with two attached hydrogens (primary N) is 1. The maximum absolute atomic E-state index is 12.6. The van der Waals surface area contributed by atoms with Gasteiger partial charge in [0, 0.05) is 38.2 Å². The Kier molecular flexibility index (Phi) is 5.61. The van der Waals surface area contributed by atoms with Gasteiger partial charge in [0.2, 0.25) is 10.0 Å². The molecule has 0 radical (unpaired) electrons. The van der Waals surface area contributed by atoms with E-state index in [0.717, 1.165) is 17.7 Å². The first-order chi connectivity index (χ1) is 9.48. The SMILES string of the molecule is COCC1CCN(S(=O)(=O)c2cc(CN)sc2Br)CC1. The Hall–Kier alpha value is 0.01000. The summed E-state index contributed by atoms with van der Waals surface area (Å²) in [5.74, 6) is 0.456. The maximum Gasteiger partial charge on any atom is 0.245 e. The number of methoxy groups -OCH3 is 1. The zero-order valence-electron chi connectivity index (χ0n) is 11.3. The lowest BCUT2D eigenvalue weighted by Crippen LogP contribution is -2.39. The Bertz CT molecular complexity index is 551. The van der Waals surface area contributed by atoms with Gasteiger partial charge in [-0.1, -0.05) is 0 Å². The summed E-state index contributed by atoms with van der Waals surface area (Å²) in [6.45, 7) is 2.16. The van der Waals surface area contributed by atoms with Crippen LogP contribution in [0.15, 0.2) is 14.7 Å². The van der Waals surface area contributed by atoms with Gasteiger partial charge in [0.05, 0.1) is 3.79 Å². The van der Waals surface area contributed by atoms with E-state index >= 15 is 0 Å². The van der Waals surface area contributed by atoms with Crippen molar-refractivity contribution in [2.75, 3.05) is 26.8 Å². The second-order valence-corrected chi connectivity index (χ2v) is 9.22. The summed E-state index contributed by atoms with van der Waals surface area (Å²) in [6.07, 6.45) is 1.69. The van der Waals surface area contributed by atoms with Crippen LogP contribution in [0.2, 0.25) is 0 Å². The van der Waals surface area contributed by atoms with Crippen LogP contribution in [0.3, 0.4) is 0 Å². The number of piperidine rings is 1. The minimum absolute atomic E-state index is 0.341. The lowest BCUT2D eigenvalue weighted by atomic mass is 9.99. The maximum atomic E-state index is 12.6. The summed E-state index contributed by atoms with van der Waals surface area (Å²) in [5.41, 5.74) is 5.57. The third-order valence-corrected chi connectivity index (χ3v) is 7.67. The van der Waals surface area contributed by atoms with Crippen molar-refractivity contribution in [2.24, 2.45) is 11.7 Å². The lowest BCUT2D eigenvalue weighted by Gasteiger charge is -2.30. The fraction of sp³-hybridized carbons (Fsp3) is 0.667. The molecule has 1 aromatic heterocycles. The average molecular weight is 383 g/mol. The van der Waals surface area contributed by atoms with Crippen molar-refractivity contribution in [2.45, 2.75) is 24.3 Å². The molecule has 0 unspecified atom stereocenters. The summed E-state index contributed by atoms with van der Waals surface area (Å²) < 4.78 is 32.6. The summed E-state index contributed by atoms with van der Waals surface area (Å²) in [4.78, 5) is 1.21. The molecule has 0 bridgehead atoms. The summed E-state index contributed by atoms with van der Waals surface area (Å²) in [5, 5.41) is 0. The molecule has 5 nitrogen and oxygen atoms in total. The van der Waals surface area contributed by atoms with Gasteiger partial charge >= 0.3 is 0 Å². The van der Waals surface area contributed by atoms with Gasteiger partial charge in [0.25, 0.3) is 0 Å². The zero-order chi connectivity index (χ0) is 14.8. The zero-order valence-corrected chi connectivity index (χ0v) is 14.6. The quantitative estimate of drug-likeness (QED) is 0.845. The molecule has 1 saturated heterocycles. The molecule has 0 saturated carbocycles. The van der Waals surface area contributed by atoms with Gasteiger partial charge in [-0.15, -0.1) is 11.3 Å². The number of rotatable bonds is 5. The van der Waals surface area contributed by atoms with Crippen molar-refractivity contribution in [3.63, 3.8) is 0 Å². The van der Waals surface area contributed by atoms with Crippen molar-refractivity contribution in [1.82, 2.24) is 4.31 Å². The molecule has 0 aliphatic carbocycles. The van der Waals surface area contributed by atoms with Gasteiger partial charge in [-0.05, 0) is 40.8 Å². The molecule has 8 heteroatoms. The molecule has 0 aromatic carbocycles. The average Bonchev–Trinajstić information content (AvgIpc) is 2.82. The second kappa shape index (κ2) is 6.85. The molecule has 0 amide bonds. The van der Waals surface area contributed by atoms with E-state index in [1.54, 1.807) is 17.5 Å². The first kappa shape index (κ1) is 16.4. The van der Waals surface area contributed by atoms with Gasteiger partial charge in [-0.3, -0.25) is 0 Å². The third-order valence-electron chi connectivity index (χ3n) is 3.50.